The Morgan fingerprint density at radius 1 is 1.35 bits per heavy atom. The third-order valence-electron chi connectivity index (χ3n) is 3.58. The highest BCUT2D eigenvalue weighted by molar-refractivity contribution is 5.96. The number of benzene rings is 1. The molecule has 3 nitrogen and oxygen atoms in total. The number of likely N-dealkylation sites (tertiary alicyclic amines) is 1. The highest BCUT2D eigenvalue weighted by atomic mass is 15.1. The third-order valence-corrected chi connectivity index (χ3v) is 3.58. The van der Waals surface area contributed by atoms with Gasteiger partial charge in [-0.25, -0.2) is 0 Å². The van der Waals surface area contributed by atoms with E-state index in [9.17, 15) is 0 Å². The van der Waals surface area contributed by atoms with Crippen LogP contribution in [0.15, 0.2) is 24.3 Å². The summed E-state index contributed by atoms with van der Waals surface area (Å²) in [6.07, 6.45) is 2.56. The van der Waals surface area contributed by atoms with E-state index in [-0.39, 0.29) is 5.84 Å². The molecule has 0 radical (unpaired) electrons. The third kappa shape index (κ3) is 3.07. The second-order valence-corrected chi connectivity index (χ2v) is 5.03. The first-order chi connectivity index (χ1) is 8.16. The molecule has 0 spiro atoms. The summed E-state index contributed by atoms with van der Waals surface area (Å²) >= 11 is 0. The molecule has 3 heteroatoms. The van der Waals surface area contributed by atoms with Crippen LogP contribution in [0.3, 0.4) is 0 Å². The Balaban J connectivity index is 2.05. The molecule has 92 valence electrons. The van der Waals surface area contributed by atoms with E-state index in [1.165, 1.54) is 18.4 Å². The average Bonchev–Trinajstić information content (AvgIpc) is 2.32. The summed E-state index contributed by atoms with van der Waals surface area (Å²) < 4.78 is 0. The van der Waals surface area contributed by atoms with Gasteiger partial charge in [-0.3, -0.25) is 10.3 Å². The van der Waals surface area contributed by atoms with Gasteiger partial charge < -0.3 is 5.73 Å². The van der Waals surface area contributed by atoms with Crippen LogP contribution in [-0.4, -0.2) is 23.8 Å². The maximum atomic E-state index is 7.58. The first-order valence-corrected chi connectivity index (χ1v) is 6.31. The fraction of sp³-hybridized carbons (Fsp3) is 0.500. The first-order valence-electron chi connectivity index (χ1n) is 6.31. The summed E-state index contributed by atoms with van der Waals surface area (Å²) in [7, 11) is 0. The van der Waals surface area contributed by atoms with Crippen LogP contribution in [0.4, 0.5) is 0 Å². The molecule has 1 heterocycles. The molecule has 1 aromatic rings. The van der Waals surface area contributed by atoms with Gasteiger partial charge in [0, 0.05) is 12.1 Å². The minimum Gasteiger partial charge on any atom is -0.384 e. The van der Waals surface area contributed by atoms with E-state index < -0.39 is 0 Å². The summed E-state index contributed by atoms with van der Waals surface area (Å²) in [5, 5.41) is 7.58. The lowest BCUT2D eigenvalue weighted by molar-refractivity contribution is 0.185. The highest BCUT2D eigenvalue weighted by Crippen LogP contribution is 2.19. The lowest BCUT2D eigenvalue weighted by Crippen LogP contribution is -2.33. The van der Waals surface area contributed by atoms with Crippen molar-refractivity contribution in [2.24, 2.45) is 11.7 Å². The zero-order valence-corrected chi connectivity index (χ0v) is 10.4. The van der Waals surface area contributed by atoms with Gasteiger partial charge in [0.25, 0.3) is 0 Å². The molecule has 1 aliphatic rings. The number of nitrogens with zero attached hydrogens (tertiary/aromatic N) is 1. The summed E-state index contributed by atoms with van der Waals surface area (Å²) in [4.78, 5) is 2.46. The molecule has 0 bridgehead atoms. The molecule has 3 N–H and O–H groups in total. The summed E-state index contributed by atoms with van der Waals surface area (Å²) in [5.41, 5.74) is 7.66. The molecule has 1 fully saturated rings. The fourth-order valence-corrected chi connectivity index (χ4v) is 2.38. The van der Waals surface area contributed by atoms with E-state index in [0.717, 1.165) is 31.1 Å². The SMILES string of the molecule is CC1CCN(Cc2ccccc2C(=N)N)CC1. The standard InChI is InChI=1S/C14H21N3/c1-11-6-8-17(9-7-11)10-12-4-2-3-5-13(12)14(15)16/h2-5,11H,6-10H2,1H3,(H3,15,16). The van der Waals surface area contributed by atoms with Crippen LogP contribution in [-0.2, 0) is 6.54 Å². The molecule has 0 amide bonds. The second-order valence-electron chi connectivity index (χ2n) is 5.03. The van der Waals surface area contributed by atoms with Crippen LogP contribution in [0, 0.1) is 11.3 Å². The Morgan fingerprint density at radius 3 is 2.65 bits per heavy atom. The van der Waals surface area contributed by atoms with Crippen LogP contribution in [0.25, 0.3) is 0 Å². The molecular weight excluding hydrogens is 210 g/mol. The van der Waals surface area contributed by atoms with Gasteiger partial charge in [-0.15, -0.1) is 0 Å². The van der Waals surface area contributed by atoms with Gasteiger partial charge in [0.15, 0.2) is 0 Å². The zero-order chi connectivity index (χ0) is 12.3. The van der Waals surface area contributed by atoms with Gasteiger partial charge in [-0.05, 0) is 37.4 Å². The minimum absolute atomic E-state index is 0.172. The van der Waals surface area contributed by atoms with Gasteiger partial charge >= 0.3 is 0 Å². The van der Waals surface area contributed by atoms with Crippen molar-refractivity contribution in [3.8, 4) is 0 Å². The van der Waals surface area contributed by atoms with E-state index in [0.29, 0.717) is 0 Å². The van der Waals surface area contributed by atoms with Crippen molar-refractivity contribution in [2.75, 3.05) is 13.1 Å². The number of nitrogens with one attached hydrogen (secondary N) is 1. The van der Waals surface area contributed by atoms with Crippen LogP contribution >= 0.6 is 0 Å². The van der Waals surface area contributed by atoms with Crippen molar-refractivity contribution >= 4 is 5.84 Å². The Labute approximate surface area is 103 Å². The molecule has 17 heavy (non-hydrogen) atoms. The van der Waals surface area contributed by atoms with Crippen LogP contribution in [0.1, 0.15) is 30.9 Å². The quantitative estimate of drug-likeness (QED) is 0.619. The number of hydrogen-bond acceptors (Lipinski definition) is 2. The number of amidine groups is 1. The van der Waals surface area contributed by atoms with Gasteiger partial charge in [0.05, 0.1) is 0 Å². The molecule has 0 aromatic heterocycles. The molecule has 1 saturated heterocycles. The first kappa shape index (κ1) is 12.1. The number of piperidine rings is 1. The van der Waals surface area contributed by atoms with Crippen molar-refractivity contribution in [3.63, 3.8) is 0 Å². The smallest absolute Gasteiger partial charge is 0.123 e. The van der Waals surface area contributed by atoms with Crippen molar-refractivity contribution in [2.45, 2.75) is 26.3 Å². The zero-order valence-electron chi connectivity index (χ0n) is 10.4. The summed E-state index contributed by atoms with van der Waals surface area (Å²) in [6.45, 7) is 5.56. The Bertz CT molecular complexity index is 392. The van der Waals surface area contributed by atoms with Crippen LogP contribution in [0.2, 0.25) is 0 Å². The van der Waals surface area contributed by atoms with Gasteiger partial charge in [0.2, 0.25) is 0 Å². The number of nitrogen functional groups attached to an aromatic ring is 1. The van der Waals surface area contributed by atoms with E-state index in [4.69, 9.17) is 11.1 Å². The lowest BCUT2D eigenvalue weighted by Gasteiger charge is -2.30. The Kier molecular flexibility index (Phi) is 3.79. The average molecular weight is 231 g/mol. The van der Waals surface area contributed by atoms with Crippen molar-refractivity contribution in [1.82, 2.24) is 4.90 Å². The number of hydrogen-bond donors (Lipinski definition) is 2. The van der Waals surface area contributed by atoms with Crippen LogP contribution < -0.4 is 5.73 Å². The molecule has 0 saturated carbocycles. The molecule has 2 rings (SSSR count). The van der Waals surface area contributed by atoms with Gasteiger partial charge in [-0.2, -0.15) is 0 Å². The van der Waals surface area contributed by atoms with Gasteiger partial charge in [0.1, 0.15) is 5.84 Å². The van der Waals surface area contributed by atoms with Crippen molar-refractivity contribution < 1.29 is 0 Å². The predicted octanol–water partition coefficient (Wildman–Crippen LogP) is 2.20. The molecule has 0 atom stereocenters. The largest absolute Gasteiger partial charge is 0.384 e. The fourth-order valence-electron chi connectivity index (χ4n) is 2.38. The topological polar surface area (TPSA) is 53.1 Å². The maximum absolute atomic E-state index is 7.58. The number of nitrogens with two attached hydrogens (primary N) is 1. The van der Waals surface area contributed by atoms with Crippen LogP contribution in [0.5, 0.6) is 0 Å². The molecular formula is C14H21N3. The predicted molar refractivity (Wildman–Crippen MR) is 71.1 cm³/mol. The van der Waals surface area contributed by atoms with E-state index >= 15 is 0 Å². The molecule has 1 aliphatic heterocycles. The normalized spacial score (nSPS) is 18.2. The Morgan fingerprint density at radius 2 is 2.00 bits per heavy atom. The van der Waals surface area contributed by atoms with Gasteiger partial charge in [-0.1, -0.05) is 31.2 Å². The van der Waals surface area contributed by atoms with Crippen molar-refractivity contribution in [1.29, 1.82) is 5.41 Å². The maximum Gasteiger partial charge on any atom is 0.123 e. The lowest BCUT2D eigenvalue weighted by atomic mass is 9.98. The molecule has 1 aromatic carbocycles. The summed E-state index contributed by atoms with van der Waals surface area (Å²) in [5.74, 6) is 1.03. The van der Waals surface area contributed by atoms with Crippen molar-refractivity contribution in [3.05, 3.63) is 35.4 Å². The van der Waals surface area contributed by atoms with E-state index in [1.807, 2.05) is 18.2 Å². The number of rotatable bonds is 3. The highest BCUT2D eigenvalue weighted by Gasteiger charge is 2.16. The van der Waals surface area contributed by atoms with E-state index in [2.05, 4.69) is 17.9 Å². The minimum atomic E-state index is 0.172. The molecule has 0 aliphatic carbocycles. The summed E-state index contributed by atoms with van der Waals surface area (Å²) in [6, 6.07) is 7.98. The Hall–Kier alpha value is -1.35. The van der Waals surface area contributed by atoms with E-state index in [1.54, 1.807) is 0 Å². The second kappa shape index (κ2) is 5.32. The molecule has 0 unspecified atom stereocenters. The monoisotopic (exact) mass is 231 g/mol.